The highest BCUT2D eigenvalue weighted by atomic mass is 19.1. The van der Waals surface area contributed by atoms with E-state index >= 15 is 0 Å². The summed E-state index contributed by atoms with van der Waals surface area (Å²) in [4.78, 5) is 22.2. The maximum absolute atomic E-state index is 11.9. The molecule has 1 fully saturated rings. The molecule has 2 N–H and O–H groups in total. The molecule has 0 aromatic heterocycles. The second-order valence-corrected chi connectivity index (χ2v) is 6.12. The number of carbonyl (C=O) groups is 2. The lowest BCUT2D eigenvalue weighted by Gasteiger charge is -2.26. The van der Waals surface area contributed by atoms with Gasteiger partial charge < -0.3 is 15.4 Å². The fourth-order valence-electron chi connectivity index (χ4n) is 1.76. The summed E-state index contributed by atoms with van der Waals surface area (Å²) in [5.41, 5.74) is -0.484. The summed E-state index contributed by atoms with van der Waals surface area (Å²) in [7, 11) is 0. The van der Waals surface area contributed by atoms with Crippen molar-refractivity contribution >= 4 is 12.0 Å². The molecule has 0 unspecified atom stereocenters. The Balaban J connectivity index is 0.000000277. The smallest absolute Gasteiger partial charge is 0.407 e. The minimum Gasteiger partial charge on any atom is -0.444 e. The highest BCUT2D eigenvalue weighted by Crippen LogP contribution is 2.08. The first kappa shape index (κ1) is 18.9. The van der Waals surface area contributed by atoms with Crippen molar-refractivity contribution in [3.8, 4) is 0 Å². The summed E-state index contributed by atoms with van der Waals surface area (Å²) in [5, 5.41) is 5.41. The van der Waals surface area contributed by atoms with E-state index in [1.165, 1.54) is 0 Å². The Morgan fingerprint density at radius 1 is 1.22 bits per heavy atom. The molecule has 1 aliphatic heterocycles. The summed E-state index contributed by atoms with van der Waals surface area (Å²) in [5.74, 6) is -0.782. The Morgan fingerprint density at radius 2 is 1.74 bits per heavy atom. The molecule has 7 heteroatoms. The van der Waals surface area contributed by atoms with Crippen LogP contribution in [-0.4, -0.2) is 30.2 Å². The van der Waals surface area contributed by atoms with Gasteiger partial charge in [0.05, 0.1) is 6.04 Å². The van der Waals surface area contributed by atoms with Gasteiger partial charge in [0.25, 0.3) is 0 Å². The van der Waals surface area contributed by atoms with Gasteiger partial charge in [-0.05, 0) is 51.5 Å². The van der Waals surface area contributed by atoms with Crippen molar-refractivity contribution in [2.45, 2.75) is 45.3 Å². The first-order chi connectivity index (χ1) is 10.7. The van der Waals surface area contributed by atoms with Gasteiger partial charge in [0.1, 0.15) is 17.2 Å². The van der Waals surface area contributed by atoms with Crippen molar-refractivity contribution < 1.29 is 23.1 Å². The third-order valence-electron chi connectivity index (χ3n) is 2.79. The molecule has 5 nitrogen and oxygen atoms in total. The Kier molecular flexibility index (Phi) is 6.93. The fraction of sp³-hybridized carbons (Fsp3) is 0.500. The van der Waals surface area contributed by atoms with E-state index in [1.54, 1.807) is 0 Å². The van der Waals surface area contributed by atoms with E-state index in [1.807, 2.05) is 20.8 Å². The Hall–Kier alpha value is -2.18. The van der Waals surface area contributed by atoms with Crippen LogP contribution in [0, 0.1) is 11.6 Å². The van der Waals surface area contributed by atoms with E-state index in [4.69, 9.17) is 4.74 Å². The molecule has 0 aliphatic carbocycles. The van der Waals surface area contributed by atoms with Gasteiger partial charge in [-0.15, -0.1) is 0 Å². The molecule has 1 aromatic carbocycles. The number of nitrogens with one attached hydrogen (secondary N) is 2. The van der Waals surface area contributed by atoms with Gasteiger partial charge in [0.2, 0.25) is 5.91 Å². The quantitative estimate of drug-likeness (QED) is 0.833. The fourth-order valence-corrected chi connectivity index (χ4v) is 1.76. The Bertz CT molecular complexity index is 496. The normalized spacial score (nSPS) is 17.4. The predicted octanol–water partition coefficient (Wildman–Crippen LogP) is 2.75. The van der Waals surface area contributed by atoms with Gasteiger partial charge in [0.15, 0.2) is 0 Å². The average Bonchev–Trinajstić information content (AvgIpc) is 2.43. The number of alkyl carbamates (subject to hydrolysis) is 1. The number of rotatable bonds is 1. The zero-order valence-corrected chi connectivity index (χ0v) is 13.5. The van der Waals surface area contributed by atoms with Crippen LogP contribution < -0.4 is 10.6 Å². The number of halogens is 2. The van der Waals surface area contributed by atoms with Gasteiger partial charge in [0, 0.05) is 13.0 Å². The highest BCUT2D eigenvalue weighted by Gasteiger charge is 2.22. The van der Waals surface area contributed by atoms with Crippen LogP contribution in [-0.2, 0) is 9.53 Å². The SMILES string of the molecule is CC(C)(C)OC(=O)N[C@@H]1CCC(=O)NC1.Fc1ccc(F)cc1. The van der Waals surface area contributed by atoms with E-state index < -0.39 is 23.3 Å². The van der Waals surface area contributed by atoms with Crippen LogP contribution in [0.3, 0.4) is 0 Å². The zero-order valence-electron chi connectivity index (χ0n) is 13.5. The molecule has 0 radical (unpaired) electrons. The van der Waals surface area contributed by atoms with E-state index in [0.29, 0.717) is 19.4 Å². The van der Waals surface area contributed by atoms with Crippen LogP contribution >= 0.6 is 0 Å². The predicted molar refractivity (Wildman–Crippen MR) is 81.8 cm³/mol. The molecule has 1 heterocycles. The molecule has 0 saturated carbocycles. The number of hydrogen-bond acceptors (Lipinski definition) is 3. The van der Waals surface area contributed by atoms with Gasteiger partial charge in [-0.25, -0.2) is 13.6 Å². The summed E-state index contributed by atoms with van der Waals surface area (Å²) in [6, 6.07) is 4.30. The van der Waals surface area contributed by atoms with Crippen LogP contribution in [0.1, 0.15) is 33.6 Å². The first-order valence-corrected chi connectivity index (χ1v) is 7.33. The minimum atomic E-state index is -0.484. The third-order valence-corrected chi connectivity index (χ3v) is 2.79. The topological polar surface area (TPSA) is 67.4 Å². The summed E-state index contributed by atoms with van der Waals surface area (Å²) in [6.45, 7) is 5.93. The molecule has 2 amide bonds. The van der Waals surface area contributed by atoms with Crippen LogP contribution in [0.5, 0.6) is 0 Å². The van der Waals surface area contributed by atoms with Gasteiger partial charge in [-0.2, -0.15) is 0 Å². The monoisotopic (exact) mass is 328 g/mol. The largest absolute Gasteiger partial charge is 0.444 e. The van der Waals surface area contributed by atoms with Crippen molar-refractivity contribution in [3.63, 3.8) is 0 Å². The van der Waals surface area contributed by atoms with Crippen molar-refractivity contribution in [2.24, 2.45) is 0 Å². The van der Waals surface area contributed by atoms with Gasteiger partial charge >= 0.3 is 6.09 Å². The van der Waals surface area contributed by atoms with Crippen molar-refractivity contribution in [1.82, 2.24) is 10.6 Å². The van der Waals surface area contributed by atoms with Gasteiger partial charge in [-0.1, -0.05) is 0 Å². The van der Waals surface area contributed by atoms with E-state index in [0.717, 1.165) is 24.3 Å². The van der Waals surface area contributed by atoms with Crippen LogP contribution in [0.15, 0.2) is 24.3 Å². The standard InChI is InChI=1S/C10H18N2O3.C6H4F2/c1-10(2,3)15-9(14)12-7-4-5-8(13)11-6-7;7-5-1-2-6(8)4-3-5/h7H,4-6H2,1-3H3,(H,11,13)(H,12,14);1-4H/t7-;/m1./s1. The maximum atomic E-state index is 11.9. The lowest BCUT2D eigenvalue weighted by molar-refractivity contribution is -0.122. The number of piperidine rings is 1. The van der Waals surface area contributed by atoms with E-state index in [-0.39, 0.29) is 11.9 Å². The number of ether oxygens (including phenoxy) is 1. The Morgan fingerprint density at radius 3 is 2.13 bits per heavy atom. The van der Waals surface area contributed by atoms with Crippen molar-refractivity contribution in [3.05, 3.63) is 35.9 Å². The average molecular weight is 328 g/mol. The molecule has 23 heavy (non-hydrogen) atoms. The highest BCUT2D eigenvalue weighted by molar-refractivity contribution is 5.77. The minimum absolute atomic E-state index is 0.0162. The number of benzene rings is 1. The molecule has 1 aliphatic rings. The summed E-state index contributed by atoms with van der Waals surface area (Å²) < 4.78 is 28.9. The van der Waals surface area contributed by atoms with E-state index in [9.17, 15) is 18.4 Å². The molecule has 0 spiro atoms. The molecule has 1 atom stereocenters. The molecular weight excluding hydrogens is 306 g/mol. The molecule has 1 saturated heterocycles. The first-order valence-electron chi connectivity index (χ1n) is 7.33. The molecule has 128 valence electrons. The number of hydrogen-bond donors (Lipinski definition) is 2. The molecule has 0 bridgehead atoms. The second-order valence-electron chi connectivity index (χ2n) is 6.12. The Labute approximate surface area is 134 Å². The number of carbonyl (C=O) groups excluding carboxylic acids is 2. The van der Waals surface area contributed by atoms with Crippen LogP contribution in [0.4, 0.5) is 13.6 Å². The van der Waals surface area contributed by atoms with Gasteiger partial charge in [-0.3, -0.25) is 4.79 Å². The molecular formula is C16H22F2N2O3. The lowest BCUT2D eigenvalue weighted by atomic mass is 10.1. The second kappa shape index (κ2) is 8.45. The third kappa shape index (κ3) is 8.75. The van der Waals surface area contributed by atoms with Crippen LogP contribution in [0.25, 0.3) is 0 Å². The summed E-state index contributed by atoms with van der Waals surface area (Å²) in [6.07, 6.45) is 0.703. The maximum Gasteiger partial charge on any atom is 0.407 e. The lowest BCUT2D eigenvalue weighted by Crippen LogP contribution is -2.48. The zero-order chi connectivity index (χ0) is 17.5. The number of amides is 2. The molecule has 2 rings (SSSR count). The van der Waals surface area contributed by atoms with Crippen molar-refractivity contribution in [2.75, 3.05) is 6.54 Å². The summed E-state index contributed by atoms with van der Waals surface area (Å²) >= 11 is 0. The van der Waals surface area contributed by atoms with E-state index in [2.05, 4.69) is 10.6 Å². The molecule has 1 aromatic rings. The van der Waals surface area contributed by atoms with Crippen molar-refractivity contribution in [1.29, 1.82) is 0 Å². The van der Waals surface area contributed by atoms with Crippen LogP contribution in [0.2, 0.25) is 0 Å².